The van der Waals surface area contributed by atoms with E-state index in [1.807, 2.05) is 11.4 Å². The maximum absolute atomic E-state index is 11.8. The number of thiophene rings is 1. The largest absolute Gasteiger partial charge is 0.303 e. The average molecular weight is 304 g/mol. The van der Waals surface area contributed by atoms with Crippen LogP contribution >= 0.6 is 27.3 Å². The quantitative estimate of drug-likeness (QED) is 0.770. The van der Waals surface area contributed by atoms with E-state index in [2.05, 4.69) is 34.7 Å². The maximum Gasteiger partial charge on any atom is 0.139 e. The Morgan fingerprint density at radius 2 is 2.12 bits per heavy atom. The number of ketones is 1. The van der Waals surface area contributed by atoms with Crippen LogP contribution in [0.4, 0.5) is 0 Å². The van der Waals surface area contributed by atoms with Crippen LogP contribution in [0, 0.1) is 0 Å². The van der Waals surface area contributed by atoms with E-state index < -0.39 is 0 Å². The smallest absolute Gasteiger partial charge is 0.139 e. The second kappa shape index (κ2) is 7.20. The molecular weight excluding hydrogens is 286 g/mol. The second-order valence-corrected chi connectivity index (χ2v) is 5.54. The summed E-state index contributed by atoms with van der Waals surface area (Å²) >= 11 is 5.09. The highest BCUT2D eigenvalue weighted by molar-refractivity contribution is 9.10. The lowest BCUT2D eigenvalue weighted by Crippen LogP contribution is -2.26. The van der Waals surface area contributed by atoms with E-state index in [-0.39, 0.29) is 0 Å². The maximum atomic E-state index is 11.8. The first-order valence-corrected chi connectivity index (χ1v) is 7.30. The third-order valence-corrected chi connectivity index (χ3v) is 4.58. The van der Waals surface area contributed by atoms with Gasteiger partial charge in [0.15, 0.2) is 0 Å². The molecule has 0 saturated carbocycles. The molecule has 0 aromatic carbocycles. The molecule has 0 spiro atoms. The van der Waals surface area contributed by atoms with Gasteiger partial charge in [0.05, 0.1) is 0 Å². The molecule has 2 nitrogen and oxygen atoms in total. The Hall–Kier alpha value is -0.190. The van der Waals surface area contributed by atoms with Gasteiger partial charge in [-0.1, -0.05) is 13.8 Å². The number of halogens is 1. The average Bonchev–Trinajstić information content (AvgIpc) is 2.66. The van der Waals surface area contributed by atoms with Gasteiger partial charge in [0.25, 0.3) is 0 Å². The van der Waals surface area contributed by atoms with E-state index in [0.717, 1.165) is 29.0 Å². The number of rotatable bonds is 7. The molecule has 1 aromatic heterocycles. The van der Waals surface area contributed by atoms with Crippen molar-refractivity contribution in [3.8, 4) is 0 Å². The van der Waals surface area contributed by atoms with Gasteiger partial charge in [-0.2, -0.15) is 0 Å². The Morgan fingerprint density at radius 3 is 2.62 bits per heavy atom. The molecule has 16 heavy (non-hydrogen) atoms. The van der Waals surface area contributed by atoms with Crippen LogP contribution in [0.1, 0.15) is 25.1 Å². The summed E-state index contributed by atoms with van der Waals surface area (Å²) in [6.45, 7) is 7.18. The Labute approximate surface area is 110 Å². The molecule has 0 amide bonds. The summed E-state index contributed by atoms with van der Waals surface area (Å²) in [5, 5.41) is 2.01. The van der Waals surface area contributed by atoms with Gasteiger partial charge in [0.2, 0.25) is 0 Å². The van der Waals surface area contributed by atoms with Crippen LogP contribution in [0.3, 0.4) is 0 Å². The minimum Gasteiger partial charge on any atom is -0.303 e. The lowest BCUT2D eigenvalue weighted by Gasteiger charge is -2.16. The topological polar surface area (TPSA) is 20.3 Å². The first kappa shape index (κ1) is 13.9. The zero-order valence-corrected chi connectivity index (χ0v) is 12.2. The van der Waals surface area contributed by atoms with E-state index in [1.54, 1.807) is 11.3 Å². The van der Waals surface area contributed by atoms with Crippen molar-refractivity contribution in [3.05, 3.63) is 20.8 Å². The van der Waals surface area contributed by atoms with Crippen molar-refractivity contribution < 1.29 is 4.79 Å². The highest BCUT2D eigenvalue weighted by Crippen LogP contribution is 2.23. The van der Waals surface area contributed by atoms with E-state index in [0.29, 0.717) is 18.6 Å². The molecule has 4 heteroatoms. The van der Waals surface area contributed by atoms with Crippen LogP contribution in [0.15, 0.2) is 15.9 Å². The SMILES string of the molecule is CCN(CC)CCC(=O)Cc1sccc1Br. The molecule has 0 aliphatic rings. The molecule has 0 bridgehead atoms. The highest BCUT2D eigenvalue weighted by Gasteiger charge is 2.09. The summed E-state index contributed by atoms with van der Waals surface area (Å²) in [5.74, 6) is 0.329. The number of nitrogens with zero attached hydrogens (tertiary/aromatic N) is 1. The van der Waals surface area contributed by atoms with Crippen LogP contribution < -0.4 is 0 Å². The zero-order valence-electron chi connectivity index (χ0n) is 9.83. The summed E-state index contributed by atoms with van der Waals surface area (Å²) in [4.78, 5) is 15.2. The van der Waals surface area contributed by atoms with Crippen molar-refractivity contribution in [2.24, 2.45) is 0 Å². The van der Waals surface area contributed by atoms with Gasteiger partial charge < -0.3 is 4.90 Å². The first-order chi connectivity index (χ1) is 7.67. The Balaban J connectivity index is 2.34. The zero-order chi connectivity index (χ0) is 12.0. The fraction of sp³-hybridized carbons (Fsp3) is 0.583. The molecule has 0 atom stereocenters. The number of hydrogen-bond donors (Lipinski definition) is 0. The monoisotopic (exact) mass is 303 g/mol. The Bertz CT molecular complexity index is 334. The van der Waals surface area contributed by atoms with Gasteiger partial charge in [-0.05, 0) is 40.5 Å². The molecular formula is C12H18BrNOS. The number of carbonyl (C=O) groups excluding carboxylic acids is 1. The van der Waals surface area contributed by atoms with Crippen LogP contribution in [0.2, 0.25) is 0 Å². The molecule has 90 valence electrons. The molecule has 1 heterocycles. The second-order valence-electron chi connectivity index (χ2n) is 3.68. The van der Waals surface area contributed by atoms with Gasteiger partial charge in [-0.15, -0.1) is 11.3 Å². The molecule has 0 radical (unpaired) electrons. The van der Waals surface area contributed by atoms with Crippen molar-refractivity contribution in [1.82, 2.24) is 4.90 Å². The Kier molecular flexibility index (Phi) is 6.24. The molecule has 0 fully saturated rings. The number of hydrogen-bond acceptors (Lipinski definition) is 3. The predicted octanol–water partition coefficient (Wildman–Crippen LogP) is 3.35. The molecule has 1 aromatic rings. The van der Waals surface area contributed by atoms with Gasteiger partial charge >= 0.3 is 0 Å². The lowest BCUT2D eigenvalue weighted by molar-refractivity contribution is -0.118. The van der Waals surface area contributed by atoms with E-state index in [9.17, 15) is 4.79 Å². The van der Waals surface area contributed by atoms with Gasteiger partial charge in [0, 0.05) is 28.7 Å². The first-order valence-electron chi connectivity index (χ1n) is 5.63. The third kappa shape index (κ3) is 4.36. The van der Waals surface area contributed by atoms with Crippen LogP contribution in [0.25, 0.3) is 0 Å². The molecule has 0 N–H and O–H groups in total. The predicted molar refractivity (Wildman–Crippen MR) is 73.1 cm³/mol. The normalized spacial score (nSPS) is 11.0. The van der Waals surface area contributed by atoms with Crippen molar-refractivity contribution >= 4 is 33.0 Å². The number of Topliss-reactive ketones (excluding diaryl/α,β-unsaturated/α-hetero) is 1. The van der Waals surface area contributed by atoms with Crippen LogP contribution in [-0.2, 0) is 11.2 Å². The van der Waals surface area contributed by atoms with Crippen molar-refractivity contribution in [1.29, 1.82) is 0 Å². The van der Waals surface area contributed by atoms with Crippen LogP contribution in [-0.4, -0.2) is 30.3 Å². The van der Waals surface area contributed by atoms with Crippen molar-refractivity contribution in [3.63, 3.8) is 0 Å². The van der Waals surface area contributed by atoms with Gasteiger partial charge in [0.1, 0.15) is 5.78 Å². The molecule has 1 rings (SSSR count). The van der Waals surface area contributed by atoms with Crippen molar-refractivity contribution in [2.45, 2.75) is 26.7 Å². The summed E-state index contributed by atoms with van der Waals surface area (Å²) in [5.41, 5.74) is 0. The van der Waals surface area contributed by atoms with Crippen LogP contribution in [0.5, 0.6) is 0 Å². The fourth-order valence-corrected chi connectivity index (χ4v) is 3.06. The fourth-order valence-electron chi connectivity index (χ4n) is 1.54. The standard InChI is InChI=1S/C12H18BrNOS/c1-3-14(4-2)7-5-10(15)9-12-11(13)6-8-16-12/h6,8H,3-5,7,9H2,1-2H3. The summed E-state index contributed by atoms with van der Waals surface area (Å²) in [7, 11) is 0. The lowest BCUT2D eigenvalue weighted by atomic mass is 10.2. The number of carbonyl (C=O) groups is 1. The highest BCUT2D eigenvalue weighted by atomic mass is 79.9. The minimum absolute atomic E-state index is 0.329. The Morgan fingerprint density at radius 1 is 1.44 bits per heavy atom. The molecule has 0 aliphatic carbocycles. The summed E-state index contributed by atoms with van der Waals surface area (Å²) in [6, 6.07) is 2.00. The van der Waals surface area contributed by atoms with E-state index in [4.69, 9.17) is 0 Å². The van der Waals surface area contributed by atoms with Crippen molar-refractivity contribution in [2.75, 3.05) is 19.6 Å². The molecule has 0 aliphatic heterocycles. The summed E-state index contributed by atoms with van der Waals surface area (Å²) < 4.78 is 1.06. The van der Waals surface area contributed by atoms with Gasteiger partial charge in [-0.3, -0.25) is 4.79 Å². The van der Waals surface area contributed by atoms with Gasteiger partial charge in [-0.25, -0.2) is 0 Å². The third-order valence-electron chi connectivity index (χ3n) is 2.65. The minimum atomic E-state index is 0.329. The molecule has 0 saturated heterocycles. The van der Waals surface area contributed by atoms with E-state index >= 15 is 0 Å². The summed E-state index contributed by atoms with van der Waals surface area (Å²) in [6.07, 6.45) is 1.23. The molecule has 0 unspecified atom stereocenters. The van der Waals surface area contributed by atoms with E-state index in [1.165, 1.54) is 0 Å².